The van der Waals surface area contributed by atoms with Gasteiger partial charge in [0.05, 0.1) is 5.75 Å². The zero-order valence-corrected chi connectivity index (χ0v) is 12.8. The molecule has 4 nitrogen and oxygen atoms in total. The summed E-state index contributed by atoms with van der Waals surface area (Å²) in [5.41, 5.74) is 6.02. The van der Waals surface area contributed by atoms with E-state index in [1.165, 1.54) is 32.1 Å². The molecule has 2 N–H and O–H groups in total. The molecule has 0 aliphatic heterocycles. The van der Waals surface area contributed by atoms with Crippen LogP contribution in [-0.2, 0) is 12.2 Å². The van der Waals surface area contributed by atoms with Gasteiger partial charge in [0.25, 0.3) is 0 Å². The molecule has 108 valence electrons. The van der Waals surface area contributed by atoms with E-state index < -0.39 is 0 Å². The number of rotatable bonds is 6. The summed E-state index contributed by atoms with van der Waals surface area (Å²) in [4.78, 5) is 4.44. The Hall–Kier alpha value is -0.550. The Kier molecular flexibility index (Phi) is 5.70. The van der Waals surface area contributed by atoms with Crippen LogP contribution in [0.5, 0.6) is 0 Å². The molecule has 2 rings (SSSR count). The van der Waals surface area contributed by atoms with Crippen molar-refractivity contribution in [2.45, 2.75) is 69.4 Å². The monoisotopic (exact) mass is 283 g/mol. The van der Waals surface area contributed by atoms with Crippen LogP contribution in [0.25, 0.3) is 0 Å². The first-order valence-corrected chi connectivity index (χ1v) is 8.38. The molecule has 1 aromatic rings. The highest BCUT2D eigenvalue weighted by Crippen LogP contribution is 2.29. The highest BCUT2D eigenvalue weighted by atomic mass is 32.2. The molecule has 0 spiro atoms. The summed E-state index contributed by atoms with van der Waals surface area (Å²) in [6.45, 7) is 4.22. The number of hydrogen-bond acceptors (Lipinski definition) is 5. The van der Waals surface area contributed by atoms with Gasteiger partial charge in [-0.3, -0.25) is 0 Å². The van der Waals surface area contributed by atoms with Crippen molar-refractivity contribution in [1.29, 1.82) is 0 Å². The fourth-order valence-corrected chi connectivity index (χ4v) is 3.46. The summed E-state index contributed by atoms with van der Waals surface area (Å²) in [7, 11) is 0. The maximum Gasteiger partial charge on any atom is 0.228 e. The third-order valence-electron chi connectivity index (χ3n) is 3.78. The van der Waals surface area contributed by atoms with E-state index in [1.807, 2.05) is 11.8 Å². The summed E-state index contributed by atoms with van der Waals surface area (Å²) in [5, 5.41) is 4.84. The largest absolute Gasteiger partial charge is 0.339 e. The zero-order valence-electron chi connectivity index (χ0n) is 12.0. The van der Waals surface area contributed by atoms with Gasteiger partial charge in [-0.1, -0.05) is 38.3 Å². The Bertz CT molecular complexity index is 375. The lowest BCUT2D eigenvalue weighted by molar-refractivity contribution is 0.350. The van der Waals surface area contributed by atoms with Crippen LogP contribution in [0.15, 0.2) is 4.52 Å². The van der Waals surface area contributed by atoms with Gasteiger partial charge in [-0.05, 0) is 18.8 Å². The second-order valence-corrected chi connectivity index (χ2v) is 7.08. The van der Waals surface area contributed by atoms with Crippen LogP contribution in [0.3, 0.4) is 0 Å². The third-order valence-corrected chi connectivity index (χ3v) is 5.14. The number of nitrogens with two attached hydrogens (primary N) is 1. The number of thioether (sulfide) groups is 1. The highest BCUT2D eigenvalue weighted by molar-refractivity contribution is 7.99. The van der Waals surface area contributed by atoms with E-state index in [1.54, 1.807) is 0 Å². The van der Waals surface area contributed by atoms with Crippen molar-refractivity contribution in [3.8, 4) is 0 Å². The van der Waals surface area contributed by atoms with Crippen molar-refractivity contribution in [3.05, 3.63) is 11.7 Å². The van der Waals surface area contributed by atoms with Gasteiger partial charge < -0.3 is 10.3 Å². The first-order valence-electron chi connectivity index (χ1n) is 7.34. The molecule has 5 heteroatoms. The van der Waals surface area contributed by atoms with Crippen LogP contribution in [0.4, 0.5) is 0 Å². The highest BCUT2D eigenvalue weighted by Gasteiger charge is 2.17. The fourth-order valence-electron chi connectivity index (χ4n) is 2.29. The standard InChI is InChI=1S/C14H25N3OS/c1-10(2)12(15)8-14-16-13(17-18-14)9-19-11-6-4-3-5-7-11/h10-12H,3-9,15H2,1-2H3. The smallest absolute Gasteiger partial charge is 0.228 e. The van der Waals surface area contributed by atoms with Gasteiger partial charge in [0.1, 0.15) is 0 Å². The maximum absolute atomic E-state index is 6.02. The average Bonchev–Trinajstić information content (AvgIpc) is 2.85. The van der Waals surface area contributed by atoms with E-state index in [-0.39, 0.29) is 6.04 Å². The average molecular weight is 283 g/mol. The van der Waals surface area contributed by atoms with Crippen LogP contribution in [0, 0.1) is 5.92 Å². The lowest BCUT2D eigenvalue weighted by atomic mass is 10.0. The molecule has 1 fully saturated rings. The topological polar surface area (TPSA) is 64.9 Å². The van der Waals surface area contributed by atoms with E-state index in [2.05, 4.69) is 24.0 Å². The van der Waals surface area contributed by atoms with Crippen molar-refractivity contribution in [2.24, 2.45) is 11.7 Å². The molecule has 1 aromatic heterocycles. The number of aromatic nitrogens is 2. The maximum atomic E-state index is 6.02. The van der Waals surface area contributed by atoms with Gasteiger partial charge in [0.2, 0.25) is 5.89 Å². The predicted octanol–water partition coefficient (Wildman–Crippen LogP) is 3.16. The molecule has 19 heavy (non-hydrogen) atoms. The van der Waals surface area contributed by atoms with Crippen LogP contribution >= 0.6 is 11.8 Å². The van der Waals surface area contributed by atoms with Crippen molar-refractivity contribution >= 4 is 11.8 Å². The van der Waals surface area contributed by atoms with Crippen LogP contribution < -0.4 is 5.73 Å². The molecule has 1 atom stereocenters. The Morgan fingerprint density at radius 2 is 2.05 bits per heavy atom. The lowest BCUT2D eigenvalue weighted by Gasteiger charge is -2.19. The van der Waals surface area contributed by atoms with E-state index in [4.69, 9.17) is 10.3 Å². The normalized spacial score (nSPS) is 18.9. The Labute approximate surface area is 119 Å². The molecule has 1 unspecified atom stereocenters. The first-order chi connectivity index (χ1) is 9.15. The molecular weight excluding hydrogens is 258 g/mol. The van der Waals surface area contributed by atoms with Gasteiger partial charge >= 0.3 is 0 Å². The summed E-state index contributed by atoms with van der Waals surface area (Å²) in [6.07, 6.45) is 7.51. The van der Waals surface area contributed by atoms with Crippen LogP contribution in [0.2, 0.25) is 0 Å². The fraction of sp³-hybridized carbons (Fsp3) is 0.857. The van der Waals surface area contributed by atoms with E-state index in [9.17, 15) is 0 Å². The van der Waals surface area contributed by atoms with Gasteiger partial charge in [0, 0.05) is 17.7 Å². The molecule has 0 radical (unpaired) electrons. The second kappa shape index (κ2) is 7.29. The van der Waals surface area contributed by atoms with Gasteiger partial charge in [0.15, 0.2) is 5.82 Å². The summed E-state index contributed by atoms with van der Waals surface area (Å²) in [5.74, 6) is 2.80. The molecule has 1 heterocycles. The molecule has 0 amide bonds. The minimum Gasteiger partial charge on any atom is -0.339 e. The number of nitrogens with zero attached hydrogens (tertiary/aromatic N) is 2. The molecular formula is C14H25N3OS. The lowest BCUT2D eigenvalue weighted by Crippen LogP contribution is -2.28. The minimum atomic E-state index is 0.0966. The summed E-state index contributed by atoms with van der Waals surface area (Å²) >= 11 is 1.97. The van der Waals surface area contributed by atoms with Gasteiger partial charge in [-0.15, -0.1) is 0 Å². The van der Waals surface area contributed by atoms with Crippen molar-refractivity contribution in [3.63, 3.8) is 0 Å². The Morgan fingerprint density at radius 1 is 1.32 bits per heavy atom. The quantitative estimate of drug-likeness (QED) is 0.868. The SMILES string of the molecule is CC(C)C(N)Cc1nc(CSC2CCCCC2)no1. The summed E-state index contributed by atoms with van der Waals surface area (Å²) < 4.78 is 5.27. The zero-order chi connectivity index (χ0) is 13.7. The van der Waals surface area contributed by atoms with E-state index in [0.29, 0.717) is 18.2 Å². The molecule has 1 aliphatic rings. The molecule has 0 saturated heterocycles. The first kappa shape index (κ1) is 14.9. The van der Waals surface area contributed by atoms with Gasteiger partial charge in [-0.25, -0.2) is 0 Å². The molecule has 1 saturated carbocycles. The summed E-state index contributed by atoms with van der Waals surface area (Å²) in [6, 6.07) is 0.0966. The van der Waals surface area contributed by atoms with E-state index in [0.717, 1.165) is 16.8 Å². The van der Waals surface area contributed by atoms with Crippen LogP contribution in [-0.4, -0.2) is 21.4 Å². The molecule has 1 aliphatic carbocycles. The Balaban J connectivity index is 1.77. The number of hydrogen-bond donors (Lipinski definition) is 1. The molecule has 0 bridgehead atoms. The van der Waals surface area contributed by atoms with Gasteiger partial charge in [-0.2, -0.15) is 16.7 Å². The van der Waals surface area contributed by atoms with E-state index >= 15 is 0 Å². The predicted molar refractivity (Wildman–Crippen MR) is 79.0 cm³/mol. The van der Waals surface area contributed by atoms with Crippen molar-refractivity contribution in [2.75, 3.05) is 0 Å². The van der Waals surface area contributed by atoms with Crippen molar-refractivity contribution < 1.29 is 4.52 Å². The second-order valence-electron chi connectivity index (χ2n) is 5.79. The third kappa shape index (κ3) is 4.80. The molecule has 0 aromatic carbocycles. The minimum absolute atomic E-state index is 0.0966. The van der Waals surface area contributed by atoms with Crippen LogP contribution in [0.1, 0.15) is 57.7 Å². The Morgan fingerprint density at radius 3 is 2.74 bits per heavy atom. The van der Waals surface area contributed by atoms with Crippen molar-refractivity contribution in [1.82, 2.24) is 10.1 Å².